The van der Waals surface area contributed by atoms with Crippen LogP contribution in [0.5, 0.6) is 5.75 Å². The molecule has 2 heterocycles. The van der Waals surface area contributed by atoms with Crippen molar-refractivity contribution in [2.75, 3.05) is 17.3 Å². The predicted octanol–water partition coefficient (Wildman–Crippen LogP) is 5.10. The summed E-state index contributed by atoms with van der Waals surface area (Å²) in [6.07, 6.45) is 6.58. The Morgan fingerprint density at radius 1 is 1.00 bits per heavy atom. The summed E-state index contributed by atoms with van der Waals surface area (Å²) in [4.78, 5) is 15.0. The van der Waals surface area contributed by atoms with Crippen LogP contribution in [-0.2, 0) is 10.0 Å². The number of pyridine rings is 1. The number of benzene rings is 3. The lowest BCUT2D eigenvalue weighted by Crippen LogP contribution is -2.14. The lowest BCUT2D eigenvalue weighted by Gasteiger charge is -2.12. The molecule has 0 spiro atoms. The minimum absolute atomic E-state index is 0.000806. The van der Waals surface area contributed by atoms with Crippen LogP contribution >= 0.6 is 0 Å². The zero-order valence-electron chi connectivity index (χ0n) is 21.6. The minimum Gasteiger partial charge on any atom is -0.495 e. The van der Waals surface area contributed by atoms with E-state index in [2.05, 4.69) is 25.3 Å². The summed E-state index contributed by atoms with van der Waals surface area (Å²) >= 11 is 0. The smallest absolute Gasteiger partial charge is 0.295 e. The van der Waals surface area contributed by atoms with E-state index in [4.69, 9.17) is 4.74 Å². The van der Waals surface area contributed by atoms with Crippen LogP contribution in [0.15, 0.2) is 114 Å². The standard InChI is InChI=1S/C28H23N7O5S/c1-40-27-12-6-5-11-25(27)33-41(38,39)23-13-14-24(26(16-23)35(36)37)31-30-18-21-19-34(22-9-3-2-4-10-22)32-28(21)20-8-7-15-29-17-20/h2-19,31,33H,1H3/b30-18+. The van der Waals surface area contributed by atoms with Gasteiger partial charge in [0.15, 0.2) is 0 Å². The fourth-order valence-corrected chi connectivity index (χ4v) is 5.04. The van der Waals surface area contributed by atoms with E-state index in [0.29, 0.717) is 17.0 Å². The van der Waals surface area contributed by atoms with Gasteiger partial charge in [-0.1, -0.05) is 30.3 Å². The largest absolute Gasteiger partial charge is 0.495 e. The summed E-state index contributed by atoms with van der Waals surface area (Å²) < 4.78 is 35.3. The van der Waals surface area contributed by atoms with Gasteiger partial charge < -0.3 is 4.74 Å². The molecule has 2 aromatic heterocycles. The van der Waals surface area contributed by atoms with Crippen LogP contribution in [0.2, 0.25) is 0 Å². The zero-order chi connectivity index (χ0) is 28.8. The first kappa shape index (κ1) is 27.0. The van der Waals surface area contributed by atoms with Gasteiger partial charge in [0.25, 0.3) is 15.7 Å². The number of hydrazone groups is 1. The Balaban J connectivity index is 1.43. The molecule has 0 radical (unpaired) electrons. The van der Waals surface area contributed by atoms with Gasteiger partial charge in [-0.3, -0.25) is 25.2 Å². The fourth-order valence-electron chi connectivity index (χ4n) is 3.95. The number of sulfonamides is 1. The molecule has 0 unspecified atom stereocenters. The summed E-state index contributed by atoms with van der Waals surface area (Å²) in [7, 11) is -2.75. The van der Waals surface area contributed by atoms with E-state index in [1.54, 1.807) is 47.5 Å². The van der Waals surface area contributed by atoms with Gasteiger partial charge in [-0.25, -0.2) is 13.1 Å². The van der Waals surface area contributed by atoms with Gasteiger partial charge in [-0.2, -0.15) is 10.2 Å². The third-order valence-electron chi connectivity index (χ3n) is 5.91. The van der Waals surface area contributed by atoms with Crippen LogP contribution in [0.4, 0.5) is 17.1 Å². The molecular formula is C28H23N7O5S. The van der Waals surface area contributed by atoms with Crippen molar-refractivity contribution in [3.05, 3.63) is 119 Å². The SMILES string of the molecule is COc1ccccc1NS(=O)(=O)c1ccc(N/N=C/c2cn(-c3ccccc3)nc2-c2cccnc2)c([N+](=O)[O-])c1. The first-order chi connectivity index (χ1) is 19.9. The molecule has 0 fully saturated rings. The maximum atomic E-state index is 13.0. The third-order valence-corrected chi connectivity index (χ3v) is 7.28. The van der Waals surface area contributed by atoms with Gasteiger partial charge in [-0.05, 0) is 48.5 Å². The first-order valence-electron chi connectivity index (χ1n) is 12.1. The van der Waals surface area contributed by atoms with Crippen molar-refractivity contribution < 1.29 is 18.1 Å². The summed E-state index contributed by atoms with van der Waals surface area (Å²) in [5.74, 6) is 0.305. The molecule has 0 amide bonds. The number of rotatable bonds is 10. The first-order valence-corrected chi connectivity index (χ1v) is 13.6. The molecule has 0 aliphatic heterocycles. The fraction of sp³-hybridized carbons (Fsp3) is 0.0357. The predicted molar refractivity (Wildman–Crippen MR) is 155 cm³/mol. The van der Waals surface area contributed by atoms with Crippen molar-refractivity contribution in [3.8, 4) is 22.7 Å². The molecule has 0 saturated heterocycles. The zero-order valence-corrected chi connectivity index (χ0v) is 22.4. The number of aromatic nitrogens is 3. The van der Waals surface area contributed by atoms with Crippen molar-refractivity contribution in [2.45, 2.75) is 4.90 Å². The van der Waals surface area contributed by atoms with Crippen LogP contribution in [0, 0.1) is 10.1 Å². The van der Waals surface area contributed by atoms with E-state index in [0.717, 1.165) is 17.3 Å². The van der Waals surface area contributed by atoms with Gasteiger partial charge in [0, 0.05) is 35.8 Å². The van der Waals surface area contributed by atoms with Gasteiger partial charge in [0.2, 0.25) is 0 Å². The molecular weight excluding hydrogens is 546 g/mol. The lowest BCUT2D eigenvalue weighted by molar-refractivity contribution is -0.384. The van der Waals surface area contributed by atoms with E-state index >= 15 is 0 Å². The van der Waals surface area contributed by atoms with Gasteiger partial charge in [0.05, 0.1) is 34.5 Å². The van der Waals surface area contributed by atoms with Gasteiger partial charge in [-0.15, -0.1) is 0 Å². The second kappa shape index (κ2) is 11.7. The van der Waals surface area contributed by atoms with Gasteiger partial charge >= 0.3 is 0 Å². The molecule has 3 aromatic carbocycles. The van der Waals surface area contributed by atoms with Crippen molar-refractivity contribution in [3.63, 3.8) is 0 Å². The number of anilines is 2. The highest BCUT2D eigenvalue weighted by Crippen LogP contribution is 2.31. The highest BCUT2D eigenvalue weighted by atomic mass is 32.2. The summed E-state index contributed by atoms with van der Waals surface area (Å²) in [5.41, 5.74) is 5.20. The molecule has 0 bridgehead atoms. The monoisotopic (exact) mass is 569 g/mol. The number of nitrogens with one attached hydrogen (secondary N) is 2. The molecule has 41 heavy (non-hydrogen) atoms. The van der Waals surface area contributed by atoms with Crippen LogP contribution in [0.3, 0.4) is 0 Å². The molecule has 5 aromatic rings. The van der Waals surface area contributed by atoms with Gasteiger partial charge in [0.1, 0.15) is 17.1 Å². The summed E-state index contributed by atoms with van der Waals surface area (Å²) in [6.45, 7) is 0. The molecule has 2 N–H and O–H groups in total. The van der Waals surface area contributed by atoms with E-state index in [9.17, 15) is 18.5 Å². The number of nitrogens with zero attached hydrogens (tertiary/aromatic N) is 5. The van der Waals surface area contributed by atoms with Crippen molar-refractivity contribution >= 4 is 33.3 Å². The third kappa shape index (κ3) is 6.04. The Labute approximate surface area is 235 Å². The molecule has 206 valence electrons. The number of methoxy groups -OCH3 is 1. The van der Waals surface area contributed by atoms with E-state index in [1.807, 2.05) is 36.4 Å². The normalized spacial score (nSPS) is 11.3. The highest BCUT2D eigenvalue weighted by molar-refractivity contribution is 7.92. The Hall–Kier alpha value is -5.56. The molecule has 12 nitrogen and oxygen atoms in total. The second-order valence-corrected chi connectivity index (χ2v) is 10.2. The molecule has 0 aliphatic rings. The van der Waals surface area contributed by atoms with Crippen molar-refractivity contribution in [1.29, 1.82) is 0 Å². The Kier molecular flexibility index (Phi) is 7.69. The minimum atomic E-state index is -4.16. The number of hydrogen-bond acceptors (Lipinski definition) is 9. The highest BCUT2D eigenvalue weighted by Gasteiger charge is 2.22. The molecule has 5 rings (SSSR count). The summed E-state index contributed by atoms with van der Waals surface area (Å²) in [5, 5.41) is 20.7. The molecule has 13 heteroatoms. The maximum absolute atomic E-state index is 13.0. The number of para-hydroxylation sites is 3. The van der Waals surface area contributed by atoms with E-state index in [1.165, 1.54) is 31.5 Å². The quantitative estimate of drug-likeness (QED) is 0.134. The van der Waals surface area contributed by atoms with Crippen molar-refractivity contribution in [2.24, 2.45) is 5.10 Å². The number of nitro groups is 1. The summed E-state index contributed by atoms with van der Waals surface area (Å²) in [6, 6.07) is 23.1. The number of hydrogen-bond donors (Lipinski definition) is 2. The topological polar surface area (TPSA) is 154 Å². The lowest BCUT2D eigenvalue weighted by atomic mass is 10.1. The van der Waals surface area contributed by atoms with Crippen LogP contribution < -0.4 is 14.9 Å². The number of nitro benzene ring substituents is 1. The van der Waals surface area contributed by atoms with E-state index in [-0.39, 0.29) is 16.3 Å². The Morgan fingerprint density at radius 3 is 2.51 bits per heavy atom. The number of ether oxygens (including phenoxy) is 1. The van der Waals surface area contributed by atoms with Crippen LogP contribution in [0.25, 0.3) is 16.9 Å². The second-order valence-electron chi connectivity index (χ2n) is 8.57. The molecule has 0 saturated carbocycles. The van der Waals surface area contributed by atoms with E-state index < -0.39 is 20.6 Å². The Morgan fingerprint density at radius 2 is 1.78 bits per heavy atom. The van der Waals surface area contributed by atoms with Crippen LogP contribution in [-0.4, -0.2) is 41.4 Å². The van der Waals surface area contributed by atoms with Crippen LogP contribution in [0.1, 0.15) is 5.56 Å². The molecule has 0 atom stereocenters. The maximum Gasteiger partial charge on any atom is 0.295 e. The Bertz CT molecular complexity index is 1830. The average molecular weight is 570 g/mol. The average Bonchev–Trinajstić information content (AvgIpc) is 3.42. The molecule has 0 aliphatic carbocycles. The van der Waals surface area contributed by atoms with Crippen molar-refractivity contribution in [1.82, 2.24) is 14.8 Å².